The van der Waals surface area contributed by atoms with E-state index in [1.165, 1.54) is 6.34 Å². The van der Waals surface area contributed by atoms with Crippen molar-refractivity contribution in [2.45, 2.75) is 13.8 Å². The van der Waals surface area contributed by atoms with E-state index in [-0.39, 0.29) is 17.7 Å². The molecule has 0 aliphatic heterocycles. The summed E-state index contributed by atoms with van der Waals surface area (Å²) < 4.78 is 18.2. The van der Waals surface area contributed by atoms with Crippen molar-refractivity contribution in [1.29, 1.82) is 0 Å². The highest BCUT2D eigenvalue weighted by molar-refractivity contribution is 5.73. The number of aromatic nitrogens is 2. The highest BCUT2D eigenvalue weighted by Crippen LogP contribution is 2.16. The number of esters is 1. The molecule has 0 radical (unpaired) electrons. The van der Waals surface area contributed by atoms with Gasteiger partial charge in [0, 0.05) is 14.1 Å². The molecule has 1 heterocycles. The summed E-state index contributed by atoms with van der Waals surface area (Å²) in [5, 5.41) is 0. The van der Waals surface area contributed by atoms with E-state index < -0.39 is 11.8 Å². The Bertz CT molecular complexity index is 460. The van der Waals surface area contributed by atoms with Gasteiger partial charge in [0.1, 0.15) is 0 Å². The third kappa shape index (κ3) is 4.08. The minimum absolute atomic E-state index is 0.176. The van der Waals surface area contributed by atoms with E-state index in [1.54, 1.807) is 32.8 Å². The highest BCUT2D eigenvalue weighted by Gasteiger charge is 2.13. The molecule has 1 rings (SSSR count). The number of halogens is 1. The van der Waals surface area contributed by atoms with E-state index in [0.717, 1.165) is 6.20 Å². The zero-order valence-electron chi connectivity index (χ0n) is 10.7. The van der Waals surface area contributed by atoms with E-state index in [1.807, 2.05) is 0 Å². The van der Waals surface area contributed by atoms with Crippen molar-refractivity contribution in [2.75, 3.05) is 14.1 Å². The van der Waals surface area contributed by atoms with E-state index in [9.17, 15) is 9.18 Å². The summed E-state index contributed by atoms with van der Waals surface area (Å²) in [6.45, 7) is 3.36. The lowest BCUT2D eigenvalue weighted by Crippen LogP contribution is -2.16. The molecule has 1 aromatic heterocycles. The average Bonchev–Trinajstić information content (AvgIpc) is 2.29. The summed E-state index contributed by atoms with van der Waals surface area (Å²) in [6.07, 6.45) is 2.30. The van der Waals surface area contributed by atoms with E-state index >= 15 is 0 Å². The van der Waals surface area contributed by atoms with Gasteiger partial charge in [-0.2, -0.15) is 4.98 Å². The second-order valence-electron chi connectivity index (χ2n) is 4.11. The molecule has 0 aliphatic rings. The largest absolute Gasteiger partial charge is 0.391 e. The quantitative estimate of drug-likeness (QED) is 0.461. The van der Waals surface area contributed by atoms with Crippen LogP contribution in [0.5, 0.6) is 6.01 Å². The molecular formula is C11H15FN4O2. The van der Waals surface area contributed by atoms with Crippen LogP contribution in [0.2, 0.25) is 0 Å². The number of hydrogen-bond donors (Lipinski definition) is 0. The van der Waals surface area contributed by atoms with Crippen molar-refractivity contribution in [3.8, 4) is 6.01 Å². The van der Waals surface area contributed by atoms with E-state index in [4.69, 9.17) is 4.74 Å². The fraction of sp³-hybridized carbons (Fsp3) is 0.455. The second kappa shape index (κ2) is 6.04. The molecule has 1 aromatic rings. The normalized spacial score (nSPS) is 11.0. The van der Waals surface area contributed by atoms with Gasteiger partial charge in [0.05, 0.1) is 18.5 Å². The van der Waals surface area contributed by atoms with Gasteiger partial charge in [0.25, 0.3) is 0 Å². The van der Waals surface area contributed by atoms with Crippen molar-refractivity contribution in [3.05, 3.63) is 12.0 Å². The first kappa shape index (κ1) is 14.0. The molecule has 0 aliphatic carbocycles. The Balaban J connectivity index is 2.90. The van der Waals surface area contributed by atoms with E-state index in [2.05, 4.69) is 15.0 Å². The first-order valence-corrected chi connectivity index (χ1v) is 5.35. The van der Waals surface area contributed by atoms with Crippen LogP contribution < -0.4 is 4.74 Å². The lowest BCUT2D eigenvalue weighted by Gasteiger charge is -2.06. The minimum atomic E-state index is -0.683. The first-order chi connectivity index (χ1) is 8.40. The van der Waals surface area contributed by atoms with Crippen LogP contribution in [0.4, 0.5) is 10.2 Å². The van der Waals surface area contributed by atoms with Crippen LogP contribution in [-0.2, 0) is 4.79 Å². The fourth-order valence-corrected chi connectivity index (χ4v) is 0.860. The molecule has 0 spiro atoms. The van der Waals surface area contributed by atoms with Crippen LogP contribution in [0, 0.1) is 11.7 Å². The van der Waals surface area contributed by atoms with Crippen LogP contribution in [0.15, 0.2) is 11.2 Å². The molecular weight excluding hydrogens is 239 g/mol. The average molecular weight is 254 g/mol. The van der Waals surface area contributed by atoms with Crippen LogP contribution in [-0.4, -0.2) is 41.3 Å². The van der Waals surface area contributed by atoms with Gasteiger partial charge >= 0.3 is 12.0 Å². The molecule has 0 amide bonds. The molecule has 0 bridgehead atoms. The molecule has 0 N–H and O–H groups in total. The molecule has 0 saturated carbocycles. The van der Waals surface area contributed by atoms with Gasteiger partial charge < -0.3 is 9.64 Å². The molecule has 0 aromatic carbocycles. The standard InChI is InChI=1S/C11H15FN4O2/c1-7(2)10(17)18-11-13-5-8(12)9(15-11)14-6-16(3)4/h5-7H,1-4H3/b14-6+. The minimum Gasteiger partial charge on any atom is -0.391 e. The van der Waals surface area contributed by atoms with Gasteiger partial charge in [-0.25, -0.2) is 14.4 Å². The SMILES string of the molecule is CC(C)C(=O)Oc1ncc(F)c(/N=C/N(C)C)n1. The zero-order valence-corrected chi connectivity index (χ0v) is 10.7. The van der Waals surface area contributed by atoms with Crippen molar-refractivity contribution >= 4 is 18.1 Å². The van der Waals surface area contributed by atoms with Gasteiger partial charge in [-0.05, 0) is 0 Å². The topological polar surface area (TPSA) is 67.7 Å². The van der Waals surface area contributed by atoms with E-state index in [0.29, 0.717) is 0 Å². The van der Waals surface area contributed by atoms with Crippen LogP contribution >= 0.6 is 0 Å². The lowest BCUT2D eigenvalue weighted by atomic mass is 10.2. The smallest absolute Gasteiger partial charge is 0.326 e. The Morgan fingerprint density at radius 1 is 1.56 bits per heavy atom. The van der Waals surface area contributed by atoms with Gasteiger partial charge in [0.15, 0.2) is 11.6 Å². The molecule has 6 nitrogen and oxygen atoms in total. The molecule has 18 heavy (non-hydrogen) atoms. The van der Waals surface area contributed by atoms with Crippen molar-refractivity contribution in [1.82, 2.24) is 14.9 Å². The number of ether oxygens (including phenoxy) is 1. The summed E-state index contributed by atoms with van der Waals surface area (Å²) in [5.74, 6) is -1.65. The summed E-state index contributed by atoms with van der Waals surface area (Å²) >= 11 is 0. The number of hydrogen-bond acceptors (Lipinski definition) is 5. The third-order valence-corrected chi connectivity index (χ3v) is 1.78. The first-order valence-electron chi connectivity index (χ1n) is 5.35. The fourth-order valence-electron chi connectivity index (χ4n) is 0.860. The predicted octanol–water partition coefficient (Wildman–Crippen LogP) is 1.40. The Labute approximate surface area is 105 Å². The summed E-state index contributed by atoms with van der Waals surface area (Å²) in [5.41, 5.74) is 0. The maximum Gasteiger partial charge on any atom is 0.326 e. The number of carbonyl (C=O) groups excluding carboxylic acids is 1. The van der Waals surface area contributed by atoms with Gasteiger partial charge in [-0.3, -0.25) is 4.79 Å². The molecule has 98 valence electrons. The lowest BCUT2D eigenvalue weighted by molar-refractivity contribution is -0.138. The second-order valence-corrected chi connectivity index (χ2v) is 4.11. The summed E-state index contributed by atoms with van der Waals surface area (Å²) in [7, 11) is 3.48. The highest BCUT2D eigenvalue weighted by atomic mass is 19.1. The monoisotopic (exact) mass is 254 g/mol. The van der Waals surface area contributed by atoms with Gasteiger partial charge in [0.2, 0.25) is 0 Å². The molecule has 0 atom stereocenters. The predicted molar refractivity (Wildman–Crippen MR) is 64.3 cm³/mol. The van der Waals surface area contributed by atoms with Crippen LogP contribution in [0.3, 0.4) is 0 Å². The molecule has 0 unspecified atom stereocenters. The number of aliphatic imine (C=N–C) groups is 1. The Kier molecular flexibility index (Phi) is 4.70. The number of carbonyl (C=O) groups is 1. The maximum absolute atomic E-state index is 13.3. The van der Waals surface area contributed by atoms with Gasteiger partial charge in [-0.15, -0.1) is 0 Å². The van der Waals surface area contributed by atoms with Crippen molar-refractivity contribution in [2.24, 2.45) is 10.9 Å². The third-order valence-electron chi connectivity index (χ3n) is 1.78. The van der Waals surface area contributed by atoms with Crippen LogP contribution in [0.25, 0.3) is 0 Å². The molecule has 7 heteroatoms. The Morgan fingerprint density at radius 2 is 2.22 bits per heavy atom. The zero-order chi connectivity index (χ0) is 13.7. The number of rotatable bonds is 4. The summed E-state index contributed by atoms with van der Waals surface area (Å²) in [6, 6.07) is -0.207. The molecule has 0 fully saturated rings. The van der Waals surface area contributed by atoms with Crippen molar-refractivity contribution < 1.29 is 13.9 Å². The van der Waals surface area contributed by atoms with Gasteiger partial charge in [-0.1, -0.05) is 13.8 Å². The molecule has 0 saturated heterocycles. The van der Waals surface area contributed by atoms with Crippen LogP contribution in [0.1, 0.15) is 13.8 Å². The maximum atomic E-state index is 13.3. The Hall–Kier alpha value is -2.05. The number of nitrogens with zero attached hydrogens (tertiary/aromatic N) is 4. The summed E-state index contributed by atoms with van der Waals surface area (Å²) in [4.78, 5) is 24.0. The Morgan fingerprint density at radius 3 is 2.78 bits per heavy atom. The van der Waals surface area contributed by atoms with Crippen molar-refractivity contribution in [3.63, 3.8) is 0 Å².